The van der Waals surface area contributed by atoms with E-state index in [0.717, 1.165) is 15.8 Å². The van der Waals surface area contributed by atoms with Crippen LogP contribution in [0.4, 0.5) is 11.4 Å². The number of hydrazine groups is 2. The SMILES string of the molecule is Cc1ccc(NC2NNNC2C(=O)Nc2ccccc2Br)cc1. The number of amides is 1. The van der Waals surface area contributed by atoms with Crippen molar-refractivity contribution in [2.45, 2.75) is 19.1 Å². The fraction of sp³-hybridized carbons (Fsp3) is 0.188. The Morgan fingerprint density at radius 2 is 1.83 bits per heavy atom. The summed E-state index contributed by atoms with van der Waals surface area (Å²) in [5.41, 5.74) is 11.6. The first kappa shape index (κ1) is 15.9. The molecule has 1 saturated heterocycles. The summed E-state index contributed by atoms with van der Waals surface area (Å²) in [4.78, 5) is 12.5. The molecule has 3 rings (SSSR count). The quantitative estimate of drug-likeness (QED) is 0.565. The van der Waals surface area contributed by atoms with Crippen LogP contribution in [-0.4, -0.2) is 18.1 Å². The Labute approximate surface area is 143 Å². The first-order valence-corrected chi connectivity index (χ1v) is 8.07. The van der Waals surface area contributed by atoms with Crippen LogP contribution >= 0.6 is 15.9 Å². The van der Waals surface area contributed by atoms with Gasteiger partial charge in [0.1, 0.15) is 12.2 Å². The largest absolute Gasteiger partial charge is 0.367 e. The lowest BCUT2D eigenvalue weighted by atomic mass is 10.2. The highest BCUT2D eigenvalue weighted by molar-refractivity contribution is 9.10. The molecular weight excluding hydrogens is 358 g/mol. The number of halogens is 1. The van der Waals surface area contributed by atoms with Gasteiger partial charge >= 0.3 is 0 Å². The van der Waals surface area contributed by atoms with Gasteiger partial charge in [0.15, 0.2) is 0 Å². The van der Waals surface area contributed by atoms with Gasteiger partial charge in [-0.1, -0.05) is 29.8 Å². The summed E-state index contributed by atoms with van der Waals surface area (Å²) < 4.78 is 0.843. The molecule has 2 aromatic carbocycles. The molecule has 23 heavy (non-hydrogen) atoms. The van der Waals surface area contributed by atoms with E-state index in [1.807, 2.05) is 55.5 Å². The lowest BCUT2D eigenvalue weighted by molar-refractivity contribution is -0.118. The molecule has 1 amide bonds. The second kappa shape index (κ2) is 7.10. The van der Waals surface area contributed by atoms with Crippen molar-refractivity contribution < 1.29 is 4.79 Å². The number of benzene rings is 2. The summed E-state index contributed by atoms with van der Waals surface area (Å²) in [6.07, 6.45) is -0.278. The molecule has 2 atom stereocenters. The van der Waals surface area contributed by atoms with Crippen LogP contribution in [0.2, 0.25) is 0 Å². The number of rotatable bonds is 4. The molecule has 1 aliphatic heterocycles. The van der Waals surface area contributed by atoms with Gasteiger partial charge in [0, 0.05) is 10.2 Å². The summed E-state index contributed by atoms with van der Waals surface area (Å²) in [5.74, 6) is -0.140. The van der Waals surface area contributed by atoms with Gasteiger partial charge in [-0.2, -0.15) is 5.53 Å². The number of anilines is 2. The Balaban J connectivity index is 1.67. The molecule has 1 heterocycles. The van der Waals surface area contributed by atoms with Gasteiger partial charge in [0.05, 0.1) is 5.69 Å². The summed E-state index contributed by atoms with van der Waals surface area (Å²) in [7, 11) is 0. The van der Waals surface area contributed by atoms with Crippen LogP contribution < -0.4 is 27.0 Å². The molecule has 0 radical (unpaired) electrons. The van der Waals surface area contributed by atoms with E-state index in [2.05, 4.69) is 42.9 Å². The van der Waals surface area contributed by atoms with Crippen molar-refractivity contribution in [2.24, 2.45) is 0 Å². The molecule has 6 nitrogen and oxygen atoms in total. The maximum Gasteiger partial charge on any atom is 0.246 e. The fourth-order valence-electron chi connectivity index (χ4n) is 2.30. The van der Waals surface area contributed by atoms with Gasteiger partial charge in [-0.3, -0.25) is 4.79 Å². The third-order valence-corrected chi connectivity index (χ3v) is 4.27. The van der Waals surface area contributed by atoms with Gasteiger partial charge in [-0.25, -0.2) is 10.9 Å². The average molecular weight is 376 g/mol. The van der Waals surface area contributed by atoms with Crippen molar-refractivity contribution in [2.75, 3.05) is 10.6 Å². The molecule has 0 spiro atoms. The molecule has 0 aliphatic carbocycles. The minimum Gasteiger partial charge on any atom is -0.367 e. The summed E-state index contributed by atoms with van der Waals surface area (Å²) in [5, 5.41) is 6.20. The van der Waals surface area contributed by atoms with Gasteiger partial charge < -0.3 is 10.6 Å². The average Bonchev–Trinajstić information content (AvgIpc) is 3.00. The first-order valence-electron chi connectivity index (χ1n) is 7.28. The highest BCUT2D eigenvalue weighted by atomic mass is 79.9. The number of hydrogen-bond acceptors (Lipinski definition) is 5. The molecular formula is C16H18BrN5O. The van der Waals surface area contributed by atoms with Crippen LogP contribution in [0.15, 0.2) is 53.0 Å². The van der Waals surface area contributed by atoms with Crippen molar-refractivity contribution in [1.29, 1.82) is 0 Å². The first-order chi connectivity index (χ1) is 11.1. The van der Waals surface area contributed by atoms with Crippen molar-refractivity contribution in [3.63, 3.8) is 0 Å². The van der Waals surface area contributed by atoms with Gasteiger partial charge in [0.25, 0.3) is 0 Å². The van der Waals surface area contributed by atoms with E-state index in [9.17, 15) is 4.79 Å². The van der Waals surface area contributed by atoms with E-state index >= 15 is 0 Å². The second-order valence-electron chi connectivity index (χ2n) is 5.35. The Bertz CT molecular complexity index is 691. The molecule has 0 bridgehead atoms. The number of carbonyl (C=O) groups excluding carboxylic acids is 1. The summed E-state index contributed by atoms with van der Waals surface area (Å²) in [6, 6.07) is 15.1. The smallest absolute Gasteiger partial charge is 0.246 e. The predicted octanol–water partition coefficient (Wildman–Crippen LogP) is 2.12. The van der Waals surface area contributed by atoms with Crippen LogP contribution in [0.1, 0.15) is 5.56 Å². The molecule has 2 aromatic rings. The van der Waals surface area contributed by atoms with E-state index in [0.29, 0.717) is 0 Å². The predicted molar refractivity (Wildman–Crippen MR) is 94.6 cm³/mol. The molecule has 1 fully saturated rings. The fourth-order valence-corrected chi connectivity index (χ4v) is 2.69. The minimum atomic E-state index is -0.469. The third kappa shape index (κ3) is 3.89. The minimum absolute atomic E-state index is 0.140. The highest BCUT2D eigenvalue weighted by Crippen LogP contribution is 2.21. The number of carbonyl (C=O) groups is 1. The number of nitrogens with one attached hydrogen (secondary N) is 5. The van der Waals surface area contributed by atoms with Gasteiger partial charge in [-0.05, 0) is 47.1 Å². The summed E-state index contributed by atoms with van der Waals surface area (Å²) in [6.45, 7) is 2.04. The molecule has 7 heteroatoms. The van der Waals surface area contributed by atoms with Crippen molar-refractivity contribution in [3.8, 4) is 0 Å². The van der Waals surface area contributed by atoms with E-state index in [-0.39, 0.29) is 12.1 Å². The summed E-state index contributed by atoms with van der Waals surface area (Å²) >= 11 is 3.43. The lowest BCUT2D eigenvalue weighted by Crippen LogP contribution is -2.47. The molecule has 1 aliphatic rings. The maximum absolute atomic E-state index is 12.5. The standard InChI is InChI=1S/C16H18BrN5O/c1-10-6-8-11(9-7-10)18-15-14(20-22-21-15)16(23)19-13-5-3-2-4-12(13)17/h2-9,14-15,18,20-22H,1H3,(H,19,23). The van der Waals surface area contributed by atoms with Crippen LogP contribution in [0.3, 0.4) is 0 Å². The second-order valence-corrected chi connectivity index (χ2v) is 6.20. The zero-order chi connectivity index (χ0) is 16.2. The van der Waals surface area contributed by atoms with Crippen LogP contribution in [0.5, 0.6) is 0 Å². The number of hydrogen-bond donors (Lipinski definition) is 5. The number of aryl methyl sites for hydroxylation is 1. The van der Waals surface area contributed by atoms with Gasteiger partial charge in [-0.15, -0.1) is 0 Å². The Morgan fingerprint density at radius 3 is 2.57 bits per heavy atom. The maximum atomic E-state index is 12.5. The zero-order valence-electron chi connectivity index (χ0n) is 12.6. The van der Waals surface area contributed by atoms with Crippen molar-refractivity contribution in [3.05, 3.63) is 58.6 Å². The normalized spacial score (nSPS) is 20.3. The zero-order valence-corrected chi connectivity index (χ0v) is 14.1. The number of para-hydroxylation sites is 1. The van der Waals surface area contributed by atoms with Crippen LogP contribution in [0.25, 0.3) is 0 Å². The molecule has 5 N–H and O–H groups in total. The van der Waals surface area contributed by atoms with Crippen molar-refractivity contribution >= 4 is 33.2 Å². The Hall–Kier alpha value is -1.93. The van der Waals surface area contributed by atoms with E-state index in [1.165, 1.54) is 5.56 Å². The highest BCUT2D eigenvalue weighted by Gasteiger charge is 2.32. The molecule has 0 saturated carbocycles. The van der Waals surface area contributed by atoms with E-state index < -0.39 is 6.04 Å². The monoisotopic (exact) mass is 375 g/mol. The topological polar surface area (TPSA) is 77.2 Å². The van der Waals surface area contributed by atoms with E-state index in [1.54, 1.807) is 0 Å². The molecule has 0 aromatic heterocycles. The Morgan fingerprint density at radius 1 is 1.09 bits per heavy atom. The van der Waals surface area contributed by atoms with Crippen molar-refractivity contribution in [1.82, 2.24) is 16.4 Å². The van der Waals surface area contributed by atoms with Gasteiger partial charge in [0.2, 0.25) is 5.91 Å². The molecule has 2 unspecified atom stereocenters. The third-order valence-electron chi connectivity index (χ3n) is 3.58. The van der Waals surface area contributed by atoms with Crippen LogP contribution in [-0.2, 0) is 4.79 Å². The Kier molecular flexibility index (Phi) is 4.92. The molecule has 120 valence electrons. The lowest BCUT2D eigenvalue weighted by Gasteiger charge is -2.20. The van der Waals surface area contributed by atoms with Crippen LogP contribution in [0, 0.1) is 6.92 Å². The van der Waals surface area contributed by atoms with E-state index in [4.69, 9.17) is 0 Å².